The van der Waals surface area contributed by atoms with Crippen LogP contribution in [0.2, 0.25) is 0 Å². The van der Waals surface area contributed by atoms with Gasteiger partial charge in [0.15, 0.2) is 5.97 Å². The molecule has 8 heavy (non-hydrogen) atoms. The van der Waals surface area contributed by atoms with Crippen LogP contribution in [0.5, 0.6) is 0 Å². The molecule has 0 aliphatic rings. The van der Waals surface area contributed by atoms with Gasteiger partial charge in [-0.2, -0.15) is 6.08 Å². The molecule has 0 unspecified atom stereocenters. The van der Waals surface area contributed by atoms with E-state index in [9.17, 15) is 4.79 Å². The van der Waals surface area contributed by atoms with E-state index in [1.54, 1.807) is 6.92 Å². The van der Waals surface area contributed by atoms with Crippen molar-refractivity contribution in [3.63, 3.8) is 0 Å². The summed E-state index contributed by atoms with van der Waals surface area (Å²) in [6, 6.07) is 0. The molecule has 0 saturated heterocycles. The van der Waals surface area contributed by atoms with Crippen molar-refractivity contribution in [2.24, 2.45) is 0 Å². The Morgan fingerprint density at radius 1 is 1.88 bits per heavy atom. The summed E-state index contributed by atoms with van der Waals surface area (Å²) in [4.78, 5) is 10.0. The molecule has 0 heterocycles. The monoisotopic (exact) mass is 188 g/mol. The summed E-state index contributed by atoms with van der Waals surface area (Å²) in [5, 5.41) is 0. The van der Waals surface area contributed by atoms with Gasteiger partial charge in [-0.05, 0) is 6.92 Å². The van der Waals surface area contributed by atoms with E-state index in [0.717, 1.165) is 6.08 Å². The van der Waals surface area contributed by atoms with Crippen LogP contribution in [0, 0.1) is 6.58 Å². The van der Waals surface area contributed by atoms with Crippen LogP contribution in [-0.4, -0.2) is 12.6 Å². The van der Waals surface area contributed by atoms with Crippen molar-refractivity contribution in [3.8, 4) is 0 Å². The first-order valence-electron chi connectivity index (χ1n) is 2.03. The van der Waals surface area contributed by atoms with Gasteiger partial charge in [-0.15, -0.1) is 0 Å². The molecule has 1 radical (unpaired) electrons. The second-order valence-corrected chi connectivity index (χ2v) is 0.919. The van der Waals surface area contributed by atoms with Crippen molar-refractivity contribution in [1.29, 1.82) is 0 Å². The minimum Gasteiger partial charge on any atom is -0.548 e. The Labute approximate surface area is 74.2 Å². The summed E-state index contributed by atoms with van der Waals surface area (Å²) in [6.07, 6.45) is 0.892. The number of ether oxygens (including phenoxy) is 1. The molecule has 0 spiro atoms. The molecular weight excluding hydrogens is 181 g/mol. The SMILES string of the molecule is [CH-]=CC(=O)OCC.[Y]. The van der Waals surface area contributed by atoms with Crippen molar-refractivity contribution >= 4 is 5.97 Å². The van der Waals surface area contributed by atoms with Gasteiger partial charge >= 0.3 is 0 Å². The van der Waals surface area contributed by atoms with E-state index < -0.39 is 5.97 Å². The third-order valence-electron chi connectivity index (χ3n) is 0.423. The van der Waals surface area contributed by atoms with Gasteiger partial charge in [0, 0.05) is 32.7 Å². The summed E-state index contributed by atoms with van der Waals surface area (Å²) in [5.74, 6) is -0.470. The smallest absolute Gasteiger partial charge is 0.167 e. The first-order valence-corrected chi connectivity index (χ1v) is 2.03. The topological polar surface area (TPSA) is 26.3 Å². The van der Waals surface area contributed by atoms with Crippen LogP contribution in [0.1, 0.15) is 6.92 Å². The summed E-state index contributed by atoms with van der Waals surface area (Å²) >= 11 is 0. The molecule has 0 rings (SSSR count). The number of carbonyl (C=O) groups excluding carboxylic acids is 1. The number of rotatable bonds is 2. The van der Waals surface area contributed by atoms with Crippen molar-refractivity contribution < 1.29 is 42.2 Å². The summed E-state index contributed by atoms with van der Waals surface area (Å²) < 4.78 is 4.37. The van der Waals surface area contributed by atoms with E-state index in [-0.39, 0.29) is 32.7 Å². The fourth-order valence-electron chi connectivity index (χ4n) is 0.190. The van der Waals surface area contributed by atoms with E-state index >= 15 is 0 Å². The van der Waals surface area contributed by atoms with Gasteiger partial charge in [0.25, 0.3) is 0 Å². The van der Waals surface area contributed by atoms with E-state index in [0.29, 0.717) is 6.61 Å². The number of hydrogen-bond donors (Lipinski definition) is 0. The number of carbonyl (C=O) groups is 1. The Balaban J connectivity index is 0. The fourth-order valence-corrected chi connectivity index (χ4v) is 0.190. The molecule has 0 atom stereocenters. The summed E-state index contributed by atoms with van der Waals surface area (Å²) in [6.45, 7) is 6.86. The van der Waals surface area contributed by atoms with Gasteiger partial charge in [0.1, 0.15) is 0 Å². The average molecular weight is 188 g/mol. The second-order valence-electron chi connectivity index (χ2n) is 0.919. The van der Waals surface area contributed by atoms with Crippen molar-refractivity contribution in [2.75, 3.05) is 6.61 Å². The second kappa shape index (κ2) is 7.31. The zero-order valence-electron chi connectivity index (χ0n) is 4.76. The molecule has 0 saturated carbocycles. The van der Waals surface area contributed by atoms with Crippen molar-refractivity contribution in [3.05, 3.63) is 12.7 Å². The van der Waals surface area contributed by atoms with E-state index in [1.165, 1.54) is 0 Å². The van der Waals surface area contributed by atoms with Crippen LogP contribution in [-0.2, 0) is 42.2 Å². The van der Waals surface area contributed by atoms with Gasteiger partial charge < -0.3 is 9.53 Å². The van der Waals surface area contributed by atoms with E-state index in [2.05, 4.69) is 4.74 Å². The van der Waals surface area contributed by atoms with Gasteiger partial charge in [-0.3, -0.25) is 6.58 Å². The molecule has 0 bridgehead atoms. The Hall–Kier alpha value is 0.314. The zero-order chi connectivity index (χ0) is 5.70. The first-order chi connectivity index (χ1) is 3.31. The van der Waals surface area contributed by atoms with Crippen LogP contribution >= 0.6 is 0 Å². The third-order valence-corrected chi connectivity index (χ3v) is 0.423. The quantitative estimate of drug-likeness (QED) is 0.359. The Kier molecular flexibility index (Phi) is 10.2. The molecule has 0 N–H and O–H groups in total. The largest absolute Gasteiger partial charge is 0.548 e. The summed E-state index contributed by atoms with van der Waals surface area (Å²) in [7, 11) is 0. The normalized spacial score (nSPS) is 6.62. The molecule has 0 aromatic carbocycles. The molecular formula is C5H7O2Y-. The minimum atomic E-state index is -0.470. The van der Waals surface area contributed by atoms with Gasteiger partial charge in [-0.25, -0.2) is 0 Å². The van der Waals surface area contributed by atoms with Crippen LogP contribution in [0.4, 0.5) is 0 Å². The van der Waals surface area contributed by atoms with Crippen LogP contribution in [0.3, 0.4) is 0 Å². The number of hydrogen-bond acceptors (Lipinski definition) is 2. The Morgan fingerprint density at radius 2 is 2.38 bits per heavy atom. The molecule has 2 nitrogen and oxygen atoms in total. The predicted molar refractivity (Wildman–Crippen MR) is 25.5 cm³/mol. The van der Waals surface area contributed by atoms with Gasteiger partial charge in [0.2, 0.25) is 0 Å². The Morgan fingerprint density at radius 3 is 2.50 bits per heavy atom. The Bertz CT molecular complexity index is 80.5. The molecule has 0 aliphatic carbocycles. The molecule has 0 aromatic rings. The standard InChI is InChI=1S/C5H7O2.Y/c1-3-5(6)7-4-2;/h1,3H,4H2,2H3;/q-1;. The minimum absolute atomic E-state index is 0. The molecule has 0 aliphatic heterocycles. The van der Waals surface area contributed by atoms with Gasteiger partial charge in [-0.1, -0.05) is 0 Å². The zero-order valence-corrected chi connectivity index (χ0v) is 7.59. The van der Waals surface area contributed by atoms with E-state index in [4.69, 9.17) is 6.58 Å². The average Bonchev–Trinajstić information content (AvgIpc) is 1.68. The van der Waals surface area contributed by atoms with Crippen LogP contribution in [0.15, 0.2) is 6.08 Å². The van der Waals surface area contributed by atoms with Crippen molar-refractivity contribution in [2.45, 2.75) is 6.92 Å². The summed E-state index contributed by atoms with van der Waals surface area (Å²) in [5.41, 5.74) is 0. The molecule has 3 heteroatoms. The third kappa shape index (κ3) is 6.31. The van der Waals surface area contributed by atoms with Gasteiger partial charge in [0.05, 0.1) is 6.61 Å². The molecule has 0 fully saturated rings. The fraction of sp³-hybridized carbons (Fsp3) is 0.400. The van der Waals surface area contributed by atoms with Crippen molar-refractivity contribution in [1.82, 2.24) is 0 Å². The van der Waals surface area contributed by atoms with Crippen LogP contribution in [0.25, 0.3) is 0 Å². The maximum atomic E-state index is 10.0. The maximum Gasteiger partial charge on any atom is 0.167 e. The maximum absolute atomic E-state index is 10.0. The van der Waals surface area contributed by atoms with E-state index in [1.807, 2.05) is 0 Å². The number of esters is 1. The first kappa shape index (κ1) is 11.2. The van der Waals surface area contributed by atoms with Crippen LogP contribution < -0.4 is 0 Å². The molecule has 0 aromatic heterocycles. The molecule has 0 amide bonds. The molecule has 43 valence electrons. The predicted octanol–water partition coefficient (Wildman–Crippen LogP) is 0.536.